The molecule has 0 aliphatic carbocycles. The van der Waals surface area contributed by atoms with Crippen LogP contribution < -0.4 is 13.8 Å². The molecule has 0 saturated heterocycles. The van der Waals surface area contributed by atoms with Crippen molar-refractivity contribution < 1.29 is 22.8 Å². The maximum atomic E-state index is 13.5. The predicted molar refractivity (Wildman–Crippen MR) is 117 cm³/mol. The lowest BCUT2D eigenvalue weighted by Gasteiger charge is -2.25. The van der Waals surface area contributed by atoms with Gasteiger partial charge in [0.2, 0.25) is 0 Å². The van der Waals surface area contributed by atoms with Gasteiger partial charge in [0.15, 0.2) is 11.5 Å². The summed E-state index contributed by atoms with van der Waals surface area (Å²) in [6.07, 6.45) is 0. The normalized spacial score (nSPS) is 11.1. The van der Waals surface area contributed by atoms with E-state index in [0.29, 0.717) is 27.8 Å². The van der Waals surface area contributed by atoms with Crippen molar-refractivity contribution >= 4 is 33.0 Å². The number of benzene rings is 3. The number of hydrogen-bond acceptors (Lipinski definition) is 6. The number of halogens is 1. The Kier molecular flexibility index (Phi) is 6.67. The molecule has 0 spiro atoms. The number of sulfonamides is 1. The van der Waals surface area contributed by atoms with Gasteiger partial charge in [0, 0.05) is 17.2 Å². The van der Waals surface area contributed by atoms with Crippen molar-refractivity contribution in [3.63, 3.8) is 0 Å². The van der Waals surface area contributed by atoms with Crippen molar-refractivity contribution in [3.8, 4) is 11.5 Å². The molecule has 0 aliphatic rings. The summed E-state index contributed by atoms with van der Waals surface area (Å²) in [4.78, 5) is 10.2. The van der Waals surface area contributed by atoms with Gasteiger partial charge >= 0.3 is 0 Å². The van der Waals surface area contributed by atoms with Gasteiger partial charge in [-0.1, -0.05) is 23.7 Å². The molecule has 3 aromatic rings. The number of non-ortho nitro benzene ring substituents is 1. The number of ether oxygens (including phenoxy) is 2. The topological polar surface area (TPSA) is 99.0 Å². The first-order valence-electron chi connectivity index (χ1n) is 9.00. The Balaban J connectivity index is 2.07. The predicted octanol–water partition coefficient (Wildman–Crippen LogP) is 4.66. The monoisotopic (exact) mass is 462 g/mol. The molecule has 0 saturated carbocycles. The lowest BCUT2D eigenvalue weighted by Crippen LogP contribution is -2.30. The average Bonchev–Trinajstić information content (AvgIpc) is 2.77. The van der Waals surface area contributed by atoms with Gasteiger partial charge in [-0.25, -0.2) is 8.42 Å². The molecule has 0 amide bonds. The van der Waals surface area contributed by atoms with E-state index in [9.17, 15) is 18.5 Å². The van der Waals surface area contributed by atoms with Gasteiger partial charge in [-0.05, 0) is 48.0 Å². The van der Waals surface area contributed by atoms with Crippen molar-refractivity contribution in [2.24, 2.45) is 0 Å². The van der Waals surface area contributed by atoms with Gasteiger partial charge < -0.3 is 9.47 Å². The van der Waals surface area contributed by atoms with Crippen LogP contribution in [0.15, 0.2) is 71.6 Å². The highest BCUT2D eigenvalue weighted by Crippen LogP contribution is 2.32. The van der Waals surface area contributed by atoms with Crippen LogP contribution in [0.4, 0.5) is 11.4 Å². The zero-order valence-corrected chi connectivity index (χ0v) is 18.3. The molecular weight excluding hydrogens is 444 g/mol. The highest BCUT2D eigenvalue weighted by atomic mass is 35.5. The highest BCUT2D eigenvalue weighted by Gasteiger charge is 2.26. The van der Waals surface area contributed by atoms with Crippen molar-refractivity contribution in [3.05, 3.63) is 87.4 Å². The fourth-order valence-corrected chi connectivity index (χ4v) is 4.59. The van der Waals surface area contributed by atoms with Crippen LogP contribution in [0.2, 0.25) is 5.02 Å². The van der Waals surface area contributed by atoms with E-state index in [0.717, 1.165) is 12.1 Å². The summed E-state index contributed by atoms with van der Waals surface area (Å²) in [5, 5.41) is 11.3. The Bertz CT molecular complexity index is 1200. The van der Waals surface area contributed by atoms with Gasteiger partial charge in [-0.2, -0.15) is 0 Å². The molecule has 3 aromatic carbocycles. The third-order valence-electron chi connectivity index (χ3n) is 4.51. The van der Waals surface area contributed by atoms with Crippen LogP contribution in [0.1, 0.15) is 5.56 Å². The first-order valence-corrected chi connectivity index (χ1v) is 10.8. The maximum Gasteiger partial charge on any atom is 0.269 e. The third kappa shape index (κ3) is 4.89. The molecule has 0 radical (unpaired) electrons. The van der Waals surface area contributed by atoms with Crippen LogP contribution in [0, 0.1) is 10.1 Å². The zero-order valence-electron chi connectivity index (χ0n) is 16.7. The molecule has 31 heavy (non-hydrogen) atoms. The number of nitro groups is 1. The van der Waals surface area contributed by atoms with E-state index in [1.165, 1.54) is 36.7 Å². The van der Waals surface area contributed by atoms with Crippen molar-refractivity contribution in [2.75, 3.05) is 18.5 Å². The fraction of sp³-hybridized carbons (Fsp3) is 0.143. The Labute approximate surface area is 184 Å². The van der Waals surface area contributed by atoms with E-state index < -0.39 is 14.9 Å². The van der Waals surface area contributed by atoms with E-state index in [-0.39, 0.29) is 17.1 Å². The summed E-state index contributed by atoms with van der Waals surface area (Å²) >= 11 is 6.10. The van der Waals surface area contributed by atoms with Crippen molar-refractivity contribution in [1.29, 1.82) is 0 Å². The van der Waals surface area contributed by atoms with Crippen LogP contribution >= 0.6 is 11.6 Å². The summed E-state index contributed by atoms with van der Waals surface area (Å²) in [6.45, 7) is -0.0278. The second kappa shape index (κ2) is 9.23. The molecular formula is C21H19ClN2O6S. The number of nitro benzene ring substituents is 1. The molecule has 0 aliphatic heterocycles. The number of hydrogen-bond donors (Lipinski definition) is 0. The molecule has 0 atom stereocenters. The number of nitrogens with zero attached hydrogens (tertiary/aromatic N) is 2. The van der Waals surface area contributed by atoms with Gasteiger partial charge in [0.1, 0.15) is 0 Å². The lowest BCUT2D eigenvalue weighted by molar-refractivity contribution is -0.384. The molecule has 3 rings (SSSR count). The summed E-state index contributed by atoms with van der Waals surface area (Å²) in [5.74, 6) is 0.970. The summed E-state index contributed by atoms with van der Waals surface area (Å²) in [7, 11) is -1.07. The third-order valence-corrected chi connectivity index (χ3v) is 6.53. The Hall–Kier alpha value is -3.30. The van der Waals surface area contributed by atoms with Crippen LogP contribution in [-0.2, 0) is 16.6 Å². The van der Waals surface area contributed by atoms with E-state index >= 15 is 0 Å². The molecule has 0 aromatic heterocycles. The maximum absolute atomic E-state index is 13.5. The van der Waals surface area contributed by atoms with Gasteiger partial charge in [-0.15, -0.1) is 0 Å². The SMILES string of the molecule is COc1ccc(CN(c2cccc(Cl)c2)S(=O)(=O)c2ccc([N+](=O)[O-])cc2)cc1OC. The van der Waals surface area contributed by atoms with Crippen molar-refractivity contribution in [2.45, 2.75) is 11.4 Å². The molecule has 162 valence electrons. The van der Waals surface area contributed by atoms with Crippen LogP contribution in [0.25, 0.3) is 0 Å². The second-order valence-corrected chi connectivity index (χ2v) is 8.73. The first-order chi connectivity index (χ1) is 14.8. The molecule has 10 heteroatoms. The molecule has 0 bridgehead atoms. The standard InChI is InChI=1S/C21H19ClN2O6S/c1-29-20-11-6-15(12-21(20)30-2)14-23(18-5-3-4-16(22)13-18)31(27,28)19-9-7-17(8-10-19)24(25)26/h3-13H,14H2,1-2H3. The number of anilines is 1. The summed E-state index contributed by atoms with van der Waals surface area (Å²) < 4.78 is 38.7. The van der Waals surface area contributed by atoms with Gasteiger partial charge in [0.05, 0.1) is 36.3 Å². The Morgan fingerprint density at radius 2 is 1.65 bits per heavy atom. The minimum Gasteiger partial charge on any atom is -0.493 e. The Morgan fingerprint density at radius 3 is 2.23 bits per heavy atom. The summed E-state index contributed by atoms with van der Waals surface area (Å²) in [5.41, 5.74) is 0.789. The van der Waals surface area contributed by atoms with E-state index in [1.54, 1.807) is 36.4 Å². The average molecular weight is 463 g/mol. The lowest BCUT2D eigenvalue weighted by atomic mass is 10.2. The molecule has 0 fully saturated rings. The molecule has 0 heterocycles. The number of rotatable bonds is 8. The van der Waals surface area contributed by atoms with Crippen LogP contribution in [0.5, 0.6) is 11.5 Å². The smallest absolute Gasteiger partial charge is 0.269 e. The first kappa shape index (κ1) is 22.4. The van der Waals surface area contributed by atoms with Crippen molar-refractivity contribution in [1.82, 2.24) is 0 Å². The van der Waals surface area contributed by atoms with Gasteiger partial charge in [-0.3, -0.25) is 14.4 Å². The van der Waals surface area contributed by atoms with Crippen LogP contribution in [0.3, 0.4) is 0 Å². The highest BCUT2D eigenvalue weighted by molar-refractivity contribution is 7.92. The summed E-state index contributed by atoms with van der Waals surface area (Å²) in [6, 6.07) is 16.2. The largest absolute Gasteiger partial charge is 0.493 e. The minimum absolute atomic E-state index is 0.0278. The number of methoxy groups -OCH3 is 2. The second-order valence-electron chi connectivity index (χ2n) is 6.43. The molecule has 0 unspecified atom stereocenters. The van der Waals surface area contributed by atoms with E-state index in [2.05, 4.69) is 0 Å². The molecule has 8 nitrogen and oxygen atoms in total. The zero-order chi connectivity index (χ0) is 22.6. The Morgan fingerprint density at radius 1 is 0.968 bits per heavy atom. The van der Waals surface area contributed by atoms with E-state index in [1.807, 2.05) is 0 Å². The quantitative estimate of drug-likeness (QED) is 0.356. The minimum atomic E-state index is -4.07. The van der Waals surface area contributed by atoms with Crippen LogP contribution in [-0.4, -0.2) is 27.6 Å². The fourth-order valence-electron chi connectivity index (χ4n) is 2.96. The molecule has 0 N–H and O–H groups in total. The van der Waals surface area contributed by atoms with E-state index in [4.69, 9.17) is 21.1 Å². The van der Waals surface area contributed by atoms with Gasteiger partial charge in [0.25, 0.3) is 15.7 Å².